The van der Waals surface area contributed by atoms with Crippen LogP contribution < -0.4 is 0 Å². The van der Waals surface area contributed by atoms with Crippen molar-refractivity contribution in [2.45, 2.75) is 47.1 Å². The van der Waals surface area contributed by atoms with Gasteiger partial charge in [0.25, 0.3) is 0 Å². The predicted octanol–water partition coefficient (Wildman–Crippen LogP) is 2.46. The summed E-state index contributed by atoms with van der Waals surface area (Å²) in [5.74, 6) is 0.324. The molecule has 15 heavy (non-hydrogen) atoms. The summed E-state index contributed by atoms with van der Waals surface area (Å²) in [7, 11) is 0. The average molecular weight is 215 g/mol. The molecular weight excluding hydrogens is 190 g/mol. The van der Waals surface area contributed by atoms with Gasteiger partial charge in [-0.25, -0.2) is 0 Å². The third-order valence-electron chi connectivity index (χ3n) is 2.98. The Labute approximate surface area is 93.5 Å². The number of aliphatic carboxylic acids is 1. The SMILES string of the molecule is CCC(C)C(C)N(CC(=O)O)CC(C)C. The minimum atomic E-state index is -0.731. The maximum absolute atomic E-state index is 10.8. The zero-order valence-electron chi connectivity index (χ0n) is 10.7. The highest BCUT2D eigenvalue weighted by Gasteiger charge is 2.21. The summed E-state index contributed by atoms with van der Waals surface area (Å²) in [5.41, 5.74) is 0. The lowest BCUT2D eigenvalue weighted by Crippen LogP contribution is -2.42. The lowest BCUT2D eigenvalue weighted by Gasteiger charge is -2.32. The number of carboxylic acid groups (broad SMARTS) is 1. The molecule has 2 unspecified atom stereocenters. The molecule has 3 nitrogen and oxygen atoms in total. The molecule has 0 aromatic carbocycles. The van der Waals surface area contributed by atoms with Crippen LogP contribution in [-0.4, -0.2) is 35.1 Å². The lowest BCUT2D eigenvalue weighted by atomic mass is 9.98. The van der Waals surface area contributed by atoms with Gasteiger partial charge in [0.05, 0.1) is 6.54 Å². The normalized spacial score (nSPS) is 15.7. The molecule has 2 atom stereocenters. The Hall–Kier alpha value is -0.570. The highest BCUT2D eigenvalue weighted by molar-refractivity contribution is 5.69. The van der Waals surface area contributed by atoms with Gasteiger partial charge in [0.2, 0.25) is 0 Å². The van der Waals surface area contributed by atoms with Crippen molar-refractivity contribution in [3.8, 4) is 0 Å². The molecule has 0 spiro atoms. The molecule has 0 aromatic heterocycles. The van der Waals surface area contributed by atoms with Crippen LogP contribution in [0.4, 0.5) is 0 Å². The predicted molar refractivity (Wildman–Crippen MR) is 63.0 cm³/mol. The molecule has 90 valence electrons. The number of rotatable bonds is 7. The fraction of sp³-hybridized carbons (Fsp3) is 0.917. The first kappa shape index (κ1) is 14.4. The molecule has 0 bridgehead atoms. The Bertz CT molecular complexity index is 192. The molecule has 3 heteroatoms. The Morgan fingerprint density at radius 3 is 2.13 bits per heavy atom. The van der Waals surface area contributed by atoms with Crippen molar-refractivity contribution in [1.82, 2.24) is 4.90 Å². The van der Waals surface area contributed by atoms with Crippen molar-refractivity contribution in [2.24, 2.45) is 11.8 Å². The number of hydrogen-bond acceptors (Lipinski definition) is 2. The zero-order valence-corrected chi connectivity index (χ0v) is 10.7. The fourth-order valence-electron chi connectivity index (χ4n) is 1.72. The molecule has 0 saturated carbocycles. The van der Waals surface area contributed by atoms with Gasteiger partial charge in [0.15, 0.2) is 0 Å². The molecule has 0 aromatic rings. The second-order valence-corrected chi connectivity index (χ2v) is 4.84. The van der Waals surface area contributed by atoms with E-state index in [0.29, 0.717) is 17.9 Å². The molecule has 0 fully saturated rings. The summed E-state index contributed by atoms with van der Waals surface area (Å²) in [5, 5.41) is 8.86. The largest absolute Gasteiger partial charge is 0.480 e. The Morgan fingerprint density at radius 1 is 1.27 bits per heavy atom. The van der Waals surface area contributed by atoms with Crippen molar-refractivity contribution < 1.29 is 9.90 Å². The molecule has 0 aliphatic carbocycles. The van der Waals surface area contributed by atoms with Crippen LogP contribution in [-0.2, 0) is 4.79 Å². The molecule has 0 radical (unpaired) electrons. The third-order valence-corrected chi connectivity index (χ3v) is 2.98. The highest BCUT2D eigenvalue weighted by atomic mass is 16.4. The van der Waals surface area contributed by atoms with E-state index in [0.717, 1.165) is 13.0 Å². The monoisotopic (exact) mass is 215 g/mol. The summed E-state index contributed by atoms with van der Waals surface area (Å²) < 4.78 is 0. The van der Waals surface area contributed by atoms with Gasteiger partial charge < -0.3 is 5.11 Å². The van der Waals surface area contributed by atoms with E-state index >= 15 is 0 Å². The van der Waals surface area contributed by atoms with E-state index in [2.05, 4.69) is 39.5 Å². The van der Waals surface area contributed by atoms with Crippen LogP contribution in [0.5, 0.6) is 0 Å². The van der Waals surface area contributed by atoms with Crippen molar-refractivity contribution in [3.05, 3.63) is 0 Å². The summed E-state index contributed by atoms with van der Waals surface area (Å²) in [6.07, 6.45) is 1.09. The lowest BCUT2D eigenvalue weighted by molar-refractivity contribution is -0.139. The summed E-state index contributed by atoms with van der Waals surface area (Å²) in [4.78, 5) is 12.8. The molecule has 0 rings (SSSR count). The molecule has 0 amide bonds. The van der Waals surface area contributed by atoms with E-state index in [1.54, 1.807) is 0 Å². The van der Waals surface area contributed by atoms with Crippen LogP contribution in [0.1, 0.15) is 41.0 Å². The minimum absolute atomic E-state index is 0.156. The van der Waals surface area contributed by atoms with Crippen LogP contribution in [0.3, 0.4) is 0 Å². The van der Waals surface area contributed by atoms with Crippen LogP contribution in [0, 0.1) is 11.8 Å². The van der Waals surface area contributed by atoms with E-state index in [4.69, 9.17) is 5.11 Å². The molecule has 1 N–H and O–H groups in total. The molecule has 0 heterocycles. The van der Waals surface area contributed by atoms with Crippen molar-refractivity contribution >= 4 is 5.97 Å². The Balaban J connectivity index is 4.39. The van der Waals surface area contributed by atoms with Gasteiger partial charge in [-0.15, -0.1) is 0 Å². The highest BCUT2D eigenvalue weighted by Crippen LogP contribution is 2.15. The first-order valence-electron chi connectivity index (χ1n) is 5.84. The van der Waals surface area contributed by atoms with E-state index in [1.807, 2.05) is 0 Å². The van der Waals surface area contributed by atoms with Crippen LogP contribution in [0.15, 0.2) is 0 Å². The summed E-state index contributed by atoms with van der Waals surface area (Å²) in [6, 6.07) is 0.341. The third kappa shape index (κ3) is 5.78. The van der Waals surface area contributed by atoms with E-state index < -0.39 is 5.97 Å². The molecule has 0 aliphatic heterocycles. The zero-order chi connectivity index (χ0) is 12.0. The fourth-order valence-corrected chi connectivity index (χ4v) is 1.72. The van der Waals surface area contributed by atoms with Crippen LogP contribution >= 0.6 is 0 Å². The maximum atomic E-state index is 10.8. The van der Waals surface area contributed by atoms with Crippen molar-refractivity contribution in [2.75, 3.05) is 13.1 Å². The quantitative estimate of drug-likeness (QED) is 0.709. The Kier molecular flexibility index (Phi) is 6.57. The van der Waals surface area contributed by atoms with Gasteiger partial charge in [-0.3, -0.25) is 9.69 Å². The van der Waals surface area contributed by atoms with Gasteiger partial charge >= 0.3 is 5.97 Å². The maximum Gasteiger partial charge on any atom is 0.317 e. The minimum Gasteiger partial charge on any atom is -0.480 e. The number of carbonyl (C=O) groups is 1. The molecule has 0 saturated heterocycles. The van der Waals surface area contributed by atoms with Gasteiger partial charge in [-0.2, -0.15) is 0 Å². The molecular formula is C12H25NO2. The second kappa shape index (κ2) is 6.83. The Morgan fingerprint density at radius 2 is 1.80 bits per heavy atom. The van der Waals surface area contributed by atoms with E-state index in [-0.39, 0.29) is 6.54 Å². The number of hydrogen-bond donors (Lipinski definition) is 1. The second-order valence-electron chi connectivity index (χ2n) is 4.84. The topological polar surface area (TPSA) is 40.5 Å². The smallest absolute Gasteiger partial charge is 0.317 e. The van der Waals surface area contributed by atoms with Crippen molar-refractivity contribution in [1.29, 1.82) is 0 Å². The van der Waals surface area contributed by atoms with Gasteiger partial charge in [-0.1, -0.05) is 34.1 Å². The van der Waals surface area contributed by atoms with Gasteiger partial charge in [0.1, 0.15) is 0 Å². The first-order chi connectivity index (χ1) is 6.88. The van der Waals surface area contributed by atoms with Gasteiger partial charge in [0, 0.05) is 12.6 Å². The first-order valence-corrected chi connectivity index (χ1v) is 5.84. The number of carboxylic acids is 1. The van der Waals surface area contributed by atoms with E-state index in [9.17, 15) is 4.79 Å². The summed E-state index contributed by atoms with van der Waals surface area (Å²) in [6.45, 7) is 11.7. The molecule has 0 aliphatic rings. The standard InChI is InChI=1S/C12H25NO2/c1-6-10(4)11(5)13(7-9(2)3)8-12(14)15/h9-11H,6-8H2,1-5H3,(H,14,15). The van der Waals surface area contributed by atoms with Crippen LogP contribution in [0.25, 0.3) is 0 Å². The van der Waals surface area contributed by atoms with Crippen LogP contribution in [0.2, 0.25) is 0 Å². The van der Waals surface area contributed by atoms with Gasteiger partial charge in [-0.05, 0) is 18.8 Å². The van der Waals surface area contributed by atoms with Crippen molar-refractivity contribution in [3.63, 3.8) is 0 Å². The summed E-state index contributed by atoms with van der Waals surface area (Å²) >= 11 is 0. The van der Waals surface area contributed by atoms with E-state index in [1.165, 1.54) is 0 Å². The average Bonchev–Trinajstić information content (AvgIpc) is 2.13. The number of nitrogens with zero attached hydrogens (tertiary/aromatic N) is 1.